The van der Waals surface area contributed by atoms with Crippen molar-refractivity contribution < 1.29 is 14.4 Å². The van der Waals surface area contributed by atoms with Crippen molar-refractivity contribution in [1.82, 2.24) is 10.6 Å². The molecule has 0 saturated heterocycles. The van der Waals surface area contributed by atoms with Crippen LogP contribution in [0.2, 0.25) is 0 Å². The van der Waals surface area contributed by atoms with E-state index in [0.717, 1.165) is 0 Å². The molecule has 0 aromatic heterocycles. The number of thioether (sulfide) groups is 1. The second-order valence-electron chi connectivity index (χ2n) is 3.13. The largest absolute Gasteiger partial charge is 0.322 e. The fourth-order valence-electron chi connectivity index (χ4n) is 0.860. The molecule has 4 N–H and O–H groups in total. The van der Waals surface area contributed by atoms with E-state index in [4.69, 9.17) is 5.73 Å². The minimum Gasteiger partial charge on any atom is -0.322 e. The Morgan fingerprint density at radius 3 is 2.50 bits per heavy atom. The van der Waals surface area contributed by atoms with Gasteiger partial charge in [-0.3, -0.25) is 19.7 Å². The highest BCUT2D eigenvalue weighted by Crippen LogP contribution is 1.98. The van der Waals surface area contributed by atoms with Gasteiger partial charge in [0, 0.05) is 19.2 Å². The summed E-state index contributed by atoms with van der Waals surface area (Å²) in [6, 6.07) is -0.483. The Morgan fingerprint density at radius 2 is 2.00 bits per heavy atom. The van der Waals surface area contributed by atoms with E-state index < -0.39 is 17.9 Å². The van der Waals surface area contributed by atoms with Gasteiger partial charge in [-0.05, 0) is 6.92 Å². The molecule has 16 heavy (non-hydrogen) atoms. The number of rotatable bonds is 6. The summed E-state index contributed by atoms with van der Waals surface area (Å²) in [5.74, 6) is -0.322. The molecule has 1 atom stereocenters. The number of nitrogens with two attached hydrogens (primary N) is 1. The van der Waals surface area contributed by atoms with Gasteiger partial charge in [-0.1, -0.05) is 11.8 Å². The van der Waals surface area contributed by atoms with Crippen molar-refractivity contribution in [1.29, 1.82) is 0 Å². The van der Waals surface area contributed by atoms with Gasteiger partial charge in [-0.15, -0.1) is 0 Å². The average Bonchev–Trinajstić information content (AvgIpc) is 2.23. The van der Waals surface area contributed by atoms with Gasteiger partial charge in [-0.25, -0.2) is 0 Å². The molecule has 6 nitrogen and oxygen atoms in total. The molecule has 0 spiro atoms. The third-order valence-electron chi connectivity index (χ3n) is 1.70. The van der Waals surface area contributed by atoms with Crippen LogP contribution in [0.15, 0.2) is 0 Å². The second-order valence-corrected chi connectivity index (χ2v) is 4.40. The first-order chi connectivity index (χ1) is 7.47. The first kappa shape index (κ1) is 15.1. The minimum absolute atomic E-state index is 0.0391. The summed E-state index contributed by atoms with van der Waals surface area (Å²) in [6.07, 6.45) is 0. The quantitative estimate of drug-likeness (QED) is 0.512. The van der Waals surface area contributed by atoms with E-state index >= 15 is 0 Å². The zero-order chi connectivity index (χ0) is 12.6. The monoisotopic (exact) mass is 247 g/mol. The van der Waals surface area contributed by atoms with Crippen LogP contribution in [0.3, 0.4) is 0 Å². The molecule has 0 aliphatic rings. The summed E-state index contributed by atoms with van der Waals surface area (Å²) in [7, 11) is 0. The fraction of sp³-hybridized carbons (Fsp3) is 0.667. The van der Waals surface area contributed by atoms with Crippen LogP contribution in [0.5, 0.6) is 0 Å². The average molecular weight is 247 g/mol. The maximum absolute atomic E-state index is 11.3. The lowest BCUT2D eigenvalue weighted by molar-refractivity contribution is -0.130. The number of carbonyl (C=O) groups excluding carboxylic acids is 3. The Bertz CT molecular complexity index is 271. The lowest BCUT2D eigenvalue weighted by atomic mass is 10.3. The summed E-state index contributed by atoms with van der Waals surface area (Å²) >= 11 is 1.18. The summed E-state index contributed by atoms with van der Waals surface area (Å²) in [6.45, 7) is 3.44. The highest BCUT2D eigenvalue weighted by Gasteiger charge is 2.13. The maximum atomic E-state index is 11.3. The van der Waals surface area contributed by atoms with Crippen LogP contribution in [-0.2, 0) is 14.4 Å². The van der Waals surface area contributed by atoms with Gasteiger partial charge < -0.3 is 11.1 Å². The van der Waals surface area contributed by atoms with Gasteiger partial charge in [0.2, 0.25) is 11.8 Å². The summed E-state index contributed by atoms with van der Waals surface area (Å²) in [4.78, 5) is 32.7. The van der Waals surface area contributed by atoms with E-state index in [9.17, 15) is 14.4 Å². The van der Waals surface area contributed by atoms with Gasteiger partial charge in [-0.2, -0.15) is 0 Å². The van der Waals surface area contributed by atoms with Crippen LogP contribution in [-0.4, -0.2) is 41.8 Å². The predicted molar refractivity (Wildman–Crippen MR) is 62.8 cm³/mol. The molecule has 92 valence electrons. The fourth-order valence-corrected chi connectivity index (χ4v) is 1.37. The molecule has 2 amide bonds. The van der Waals surface area contributed by atoms with Crippen molar-refractivity contribution in [2.24, 2.45) is 5.73 Å². The molecule has 0 aliphatic heterocycles. The molecular formula is C9H17N3O3S. The van der Waals surface area contributed by atoms with Crippen LogP contribution in [0.25, 0.3) is 0 Å². The van der Waals surface area contributed by atoms with E-state index in [1.54, 1.807) is 6.92 Å². The minimum atomic E-state index is -0.503. The van der Waals surface area contributed by atoms with Crippen LogP contribution in [0, 0.1) is 0 Å². The van der Waals surface area contributed by atoms with E-state index in [-0.39, 0.29) is 11.7 Å². The topological polar surface area (TPSA) is 101 Å². The molecule has 0 aromatic rings. The summed E-state index contributed by atoms with van der Waals surface area (Å²) in [5.41, 5.74) is 5.05. The number of hydrogen-bond acceptors (Lipinski definition) is 6. The van der Waals surface area contributed by atoms with Gasteiger partial charge >= 0.3 is 0 Å². The van der Waals surface area contributed by atoms with E-state index in [2.05, 4.69) is 10.6 Å². The Kier molecular flexibility index (Phi) is 7.78. The highest BCUT2D eigenvalue weighted by atomic mass is 32.2. The van der Waals surface area contributed by atoms with Gasteiger partial charge in [0.25, 0.3) is 0 Å². The lowest BCUT2D eigenvalue weighted by Crippen LogP contribution is -2.46. The molecule has 0 unspecified atom stereocenters. The van der Waals surface area contributed by atoms with E-state index in [1.807, 2.05) is 0 Å². The van der Waals surface area contributed by atoms with Gasteiger partial charge in [0.15, 0.2) is 5.12 Å². The number of hydrogen-bond donors (Lipinski definition) is 3. The summed E-state index contributed by atoms with van der Waals surface area (Å²) in [5, 5.41) is 5.07. The molecule has 0 heterocycles. The third-order valence-corrected chi connectivity index (χ3v) is 2.51. The van der Waals surface area contributed by atoms with Crippen LogP contribution < -0.4 is 16.4 Å². The van der Waals surface area contributed by atoms with Gasteiger partial charge in [0.1, 0.15) is 0 Å². The zero-order valence-electron chi connectivity index (χ0n) is 9.41. The molecule has 0 rings (SSSR count). The van der Waals surface area contributed by atoms with Crippen molar-refractivity contribution in [3.8, 4) is 0 Å². The van der Waals surface area contributed by atoms with Gasteiger partial charge in [0.05, 0.1) is 12.6 Å². The normalized spacial score (nSPS) is 11.9. The molecule has 0 saturated carbocycles. The standard InChI is InChI=1S/C9H17N3O3S/c1-6(9(15)12-8(14)5-10)11-3-4-16-7(2)13/h6,11H,3-5,10H2,1-2H3,(H,12,14,15)/t6-/m0/s1. The SMILES string of the molecule is CC(=O)SCCN[C@@H](C)C(=O)NC(=O)CN. The number of carbonyl (C=O) groups is 3. The Morgan fingerprint density at radius 1 is 1.38 bits per heavy atom. The first-order valence-electron chi connectivity index (χ1n) is 4.88. The highest BCUT2D eigenvalue weighted by molar-refractivity contribution is 8.13. The zero-order valence-corrected chi connectivity index (χ0v) is 10.2. The molecule has 0 radical (unpaired) electrons. The van der Waals surface area contributed by atoms with Crippen molar-refractivity contribution in [3.05, 3.63) is 0 Å². The van der Waals surface area contributed by atoms with Crippen molar-refractivity contribution in [3.63, 3.8) is 0 Å². The van der Waals surface area contributed by atoms with Crippen molar-refractivity contribution >= 4 is 28.7 Å². The summed E-state index contributed by atoms with van der Waals surface area (Å²) < 4.78 is 0. The third kappa shape index (κ3) is 7.38. The second kappa shape index (κ2) is 8.26. The number of amides is 2. The molecule has 0 fully saturated rings. The first-order valence-corrected chi connectivity index (χ1v) is 5.86. The van der Waals surface area contributed by atoms with E-state index in [1.165, 1.54) is 18.7 Å². The molecule has 0 bridgehead atoms. The maximum Gasteiger partial charge on any atom is 0.243 e. The Labute approximate surface area is 98.7 Å². The number of nitrogens with one attached hydrogen (secondary N) is 2. The van der Waals surface area contributed by atoms with Crippen molar-refractivity contribution in [2.75, 3.05) is 18.8 Å². The van der Waals surface area contributed by atoms with Crippen LogP contribution in [0.1, 0.15) is 13.8 Å². The molecular weight excluding hydrogens is 230 g/mol. The molecule has 7 heteroatoms. The molecule has 0 aliphatic carbocycles. The Balaban J connectivity index is 3.71. The predicted octanol–water partition coefficient (Wildman–Crippen LogP) is -1.15. The van der Waals surface area contributed by atoms with Crippen LogP contribution in [0.4, 0.5) is 0 Å². The Hall–Kier alpha value is -0.920. The smallest absolute Gasteiger partial charge is 0.243 e. The van der Waals surface area contributed by atoms with Crippen molar-refractivity contribution in [2.45, 2.75) is 19.9 Å². The molecule has 0 aromatic carbocycles. The van der Waals surface area contributed by atoms with Crippen LogP contribution >= 0.6 is 11.8 Å². The van der Waals surface area contributed by atoms with E-state index in [0.29, 0.717) is 12.3 Å². The lowest BCUT2D eigenvalue weighted by Gasteiger charge is -2.12. The number of imide groups is 1.